The van der Waals surface area contributed by atoms with Crippen molar-refractivity contribution in [2.75, 3.05) is 5.32 Å². The van der Waals surface area contributed by atoms with E-state index >= 15 is 0 Å². The fourth-order valence-corrected chi connectivity index (χ4v) is 3.83. The van der Waals surface area contributed by atoms with E-state index in [2.05, 4.69) is 17.3 Å². The molecule has 1 aliphatic carbocycles. The molecule has 0 aliphatic heterocycles. The average Bonchev–Trinajstić information content (AvgIpc) is 3.16. The molecule has 0 bridgehead atoms. The zero-order valence-corrected chi connectivity index (χ0v) is 14.6. The molecule has 1 aromatic carbocycles. The van der Waals surface area contributed by atoms with Crippen molar-refractivity contribution in [2.24, 2.45) is 5.92 Å². The molecule has 2 heterocycles. The highest BCUT2D eigenvalue weighted by atomic mass is 32.1. The number of aromatic nitrogens is 2. The maximum atomic E-state index is 13.0. The molecule has 0 saturated heterocycles. The normalized spacial score (nSPS) is 15.1. The minimum Gasteiger partial charge on any atom is -0.306 e. The van der Waals surface area contributed by atoms with Crippen LogP contribution in [0.2, 0.25) is 0 Å². The molecular weight excluding hydrogens is 337 g/mol. The molecule has 128 valence electrons. The van der Waals surface area contributed by atoms with Crippen molar-refractivity contribution in [2.45, 2.75) is 25.8 Å². The summed E-state index contributed by atoms with van der Waals surface area (Å²) >= 11 is 1.39. The molecule has 1 fully saturated rings. The standard InChI is InChI=1S/C19H18FN3OS/c1-12(13-2-3-13)23-18(10-11-21-23)22-19(24)17-9-8-16(25-17)14-4-6-15(20)7-5-14/h4-13H,2-3H2,1H3,(H,22,24). The summed E-state index contributed by atoms with van der Waals surface area (Å²) in [7, 11) is 0. The zero-order valence-electron chi connectivity index (χ0n) is 13.8. The van der Waals surface area contributed by atoms with Gasteiger partial charge in [-0.05, 0) is 55.5 Å². The van der Waals surface area contributed by atoms with Crippen molar-refractivity contribution in [1.82, 2.24) is 9.78 Å². The summed E-state index contributed by atoms with van der Waals surface area (Å²) in [6, 6.07) is 12.1. The Kier molecular flexibility index (Phi) is 4.13. The van der Waals surface area contributed by atoms with Crippen LogP contribution in [0, 0.1) is 11.7 Å². The molecule has 4 nitrogen and oxygen atoms in total. The van der Waals surface area contributed by atoms with E-state index in [9.17, 15) is 9.18 Å². The van der Waals surface area contributed by atoms with Gasteiger partial charge in [-0.25, -0.2) is 9.07 Å². The lowest BCUT2D eigenvalue weighted by Gasteiger charge is -2.15. The van der Waals surface area contributed by atoms with Gasteiger partial charge < -0.3 is 5.32 Å². The van der Waals surface area contributed by atoms with Gasteiger partial charge in [0, 0.05) is 10.9 Å². The molecule has 1 N–H and O–H groups in total. The van der Waals surface area contributed by atoms with Crippen LogP contribution in [0.15, 0.2) is 48.7 Å². The number of anilines is 1. The topological polar surface area (TPSA) is 46.9 Å². The Balaban J connectivity index is 1.50. The van der Waals surface area contributed by atoms with E-state index in [-0.39, 0.29) is 11.7 Å². The summed E-state index contributed by atoms with van der Waals surface area (Å²) in [5.41, 5.74) is 0.901. The maximum absolute atomic E-state index is 13.0. The quantitative estimate of drug-likeness (QED) is 0.702. The van der Waals surface area contributed by atoms with Crippen LogP contribution in [0.3, 0.4) is 0 Å². The van der Waals surface area contributed by atoms with E-state index in [0.717, 1.165) is 16.3 Å². The van der Waals surface area contributed by atoms with Gasteiger partial charge in [-0.15, -0.1) is 11.3 Å². The highest BCUT2D eigenvalue weighted by Crippen LogP contribution is 2.40. The van der Waals surface area contributed by atoms with Crippen LogP contribution in [-0.2, 0) is 0 Å². The van der Waals surface area contributed by atoms with Gasteiger partial charge in [-0.1, -0.05) is 12.1 Å². The lowest BCUT2D eigenvalue weighted by atomic mass is 10.2. The molecule has 3 aromatic rings. The maximum Gasteiger partial charge on any atom is 0.266 e. The van der Waals surface area contributed by atoms with Gasteiger partial charge in [-0.2, -0.15) is 5.10 Å². The Labute approximate surface area is 149 Å². The first kappa shape index (κ1) is 16.0. The van der Waals surface area contributed by atoms with Crippen LogP contribution in [0.1, 0.15) is 35.5 Å². The van der Waals surface area contributed by atoms with Gasteiger partial charge in [0.05, 0.1) is 17.1 Å². The number of hydrogen-bond donors (Lipinski definition) is 1. The Bertz CT molecular complexity index is 896. The summed E-state index contributed by atoms with van der Waals surface area (Å²) in [6.07, 6.45) is 4.16. The number of benzene rings is 1. The minimum atomic E-state index is -0.267. The summed E-state index contributed by atoms with van der Waals surface area (Å²) in [4.78, 5) is 14.1. The molecule has 1 saturated carbocycles. The first-order chi connectivity index (χ1) is 12.1. The average molecular weight is 355 g/mol. The number of carbonyl (C=O) groups is 1. The van der Waals surface area contributed by atoms with E-state index in [1.807, 2.05) is 16.8 Å². The number of thiophene rings is 1. The monoisotopic (exact) mass is 355 g/mol. The SMILES string of the molecule is CC(C1CC1)n1nccc1NC(=O)c1ccc(-c2ccc(F)cc2)s1. The van der Waals surface area contributed by atoms with Crippen LogP contribution < -0.4 is 5.32 Å². The fraction of sp³-hybridized carbons (Fsp3) is 0.263. The first-order valence-corrected chi connectivity index (χ1v) is 9.14. The molecule has 1 unspecified atom stereocenters. The van der Waals surface area contributed by atoms with Gasteiger partial charge in [0.25, 0.3) is 5.91 Å². The van der Waals surface area contributed by atoms with E-state index in [1.54, 1.807) is 24.4 Å². The second-order valence-corrected chi connectivity index (χ2v) is 7.45. The van der Waals surface area contributed by atoms with E-state index in [0.29, 0.717) is 16.8 Å². The molecule has 6 heteroatoms. The number of nitrogens with zero attached hydrogens (tertiary/aromatic N) is 2. The molecular formula is C19H18FN3OS. The third-order valence-corrected chi connectivity index (χ3v) is 5.69. The van der Waals surface area contributed by atoms with Crippen molar-refractivity contribution in [3.63, 3.8) is 0 Å². The molecule has 25 heavy (non-hydrogen) atoms. The number of carbonyl (C=O) groups excluding carboxylic acids is 1. The van der Waals surface area contributed by atoms with Gasteiger partial charge >= 0.3 is 0 Å². The van der Waals surface area contributed by atoms with Crippen LogP contribution in [-0.4, -0.2) is 15.7 Å². The molecule has 1 amide bonds. The highest BCUT2D eigenvalue weighted by molar-refractivity contribution is 7.17. The number of hydrogen-bond acceptors (Lipinski definition) is 3. The number of amides is 1. The second-order valence-electron chi connectivity index (χ2n) is 6.36. The molecule has 4 rings (SSSR count). The molecule has 0 spiro atoms. The smallest absolute Gasteiger partial charge is 0.266 e. The number of rotatable bonds is 5. The molecule has 0 radical (unpaired) electrons. The highest BCUT2D eigenvalue weighted by Gasteiger charge is 2.30. The molecule has 1 aliphatic rings. The van der Waals surface area contributed by atoms with Gasteiger partial charge in [0.1, 0.15) is 11.6 Å². The lowest BCUT2D eigenvalue weighted by Crippen LogP contribution is -2.17. The van der Waals surface area contributed by atoms with Gasteiger partial charge in [-0.3, -0.25) is 4.79 Å². The fourth-order valence-electron chi connectivity index (χ4n) is 2.92. The first-order valence-electron chi connectivity index (χ1n) is 8.32. The van der Waals surface area contributed by atoms with E-state index < -0.39 is 0 Å². The number of nitrogens with one attached hydrogen (secondary N) is 1. The lowest BCUT2D eigenvalue weighted by molar-refractivity contribution is 0.102. The predicted molar refractivity (Wildman–Crippen MR) is 97.3 cm³/mol. The minimum absolute atomic E-state index is 0.150. The van der Waals surface area contributed by atoms with Crippen molar-refractivity contribution >= 4 is 23.1 Å². The van der Waals surface area contributed by atoms with Crippen LogP contribution in [0.4, 0.5) is 10.2 Å². The van der Waals surface area contributed by atoms with Crippen LogP contribution in [0.5, 0.6) is 0 Å². The Morgan fingerprint density at radius 3 is 2.72 bits per heavy atom. The Morgan fingerprint density at radius 2 is 2.00 bits per heavy atom. The third kappa shape index (κ3) is 3.35. The third-order valence-electron chi connectivity index (χ3n) is 4.56. The number of halogens is 1. The molecule has 1 atom stereocenters. The summed E-state index contributed by atoms with van der Waals surface area (Å²) in [5.74, 6) is 0.961. The second kappa shape index (κ2) is 6.44. The Hall–Kier alpha value is -2.47. The van der Waals surface area contributed by atoms with Gasteiger partial charge in [0.2, 0.25) is 0 Å². The van der Waals surface area contributed by atoms with Crippen LogP contribution >= 0.6 is 11.3 Å². The van der Waals surface area contributed by atoms with E-state index in [1.165, 1.54) is 36.3 Å². The molecule has 2 aromatic heterocycles. The summed E-state index contributed by atoms with van der Waals surface area (Å²) < 4.78 is 14.9. The van der Waals surface area contributed by atoms with Crippen molar-refractivity contribution in [1.29, 1.82) is 0 Å². The summed E-state index contributed by atoms with van der Waals surface area (Å²) in [5, 5.41) is 7.31. The van der Waals surface area contributed by atoms with Crippen molar-refractivity contribution < 1.29 is 9.18 Å². The predicted octanol–water partition coefficient (Wildman–Crippen LogP) is 4.97. The largest absolute Gasteiger partial charge is 0.306 e. The van der Waals surface area contributed by atoms with Crippen molar-refractivity contribution in [3.05, 3.63) is 59.4 Å². The van der Waals surface area contributed by atoms with E-state index in [4.69, 9.17) is 0 Å². The zero-order chi connectivity index (χ0) is 17.4. The van der Waals surface area contributed by atoms with Gasteiger partial charge in [0.15, 0.2) is 0 Å². The summed E-state index contributed by atoms with van der Waals surface area (Å²) in [6.45, 7) is 2.14. The Morgan fingerprint density at radius 1 is 1.24 bits per heavy atom. The van der Waals surface area contributed by atoms with Crippen LogP contribution in [0.25, 0.3) is 10.4 Å². The van der Waals surface area contributed by atoms with Crippen molar-refractivity contribution in [3.8, 4) is 10.4 Å².